The van der Waals surface area contributed by atoms with Crippen molar-refractivity contribution in [3.63, 3.8) is 0 Å². The highest BCUT2D eigenvalue weighted by Crippen LogP contribution is 2.51. The molecule has 0 saturated carbocycles. The third kappa shape index (κ3) is 4.69. The van der Waals surface area contributed by atoms with E-state index in [1.807, 2.05) is 0 Å². The van der Waals surface area contributed by atoms with Crippen LogP contribution in [0.4, 0.5) is 34.1 Å². The molecule has 0 fully saturated rings. The summed E-state index contributed by atoms with van der Waals surface area (Å²) in [4.78, 5) is 5.00. The second kappa shape index (κ2) is 11.0. The molecule has 0 aliphatic carbocycles. The first-order valence-corrected chi connectivity index (χ1v) is 18.5. The molecule has 262 valence electrons. The number of hydrogen-bond acceptors (Lipinski definition) is 5. The average molecular weight is 687 g/mol. The Bertz CT molecular complexity index is 2450. The van der Waals surface area contributed by atoms with Crippen LogP contribution in [0.25, 0.3) is 11.0 Å². The lowest BCUT2D eigenvalue weighted by atomic mass is 9.35. The van der Waals surface area contributed by atoms with Crippen molar-refractivity contribution >= 4 is 68.4 Å². The number of hydrogen-bond donors (Lipinski definition) is 0. The van der Waals surface area contributed by atoms with Gasteiger partial charge in [0.05, 0.1) is 22.7 Å². The van der Waals surface area contributed by atoms with Gasteiger partial charge in [0.1, 0.15) is 5.58 Å². The van der Waals surface area contributed by atoms with Gasteiger partial charge in [0, 0.05) is 28.5 Å². The van der Waals surface area contributed by atoms with E-state index in [9.17, 15) is 0 Å². The van der Waals surface area contributed by atoms with E-state index >= 15 is 0 Å². The second-order valence-electron chi connectivity index (χ2n) is 17.3. The normalized spacial score (nSPS) is 14.6. The van der Waals surface area contributed by atoms with Gasteiger partial charge >= 0.3 is 0 Å². The van der Waals surface area contributed by atoms with Crippen LogP contribution in [0.2, 0.25) is 0 Å². The van der Waals surface area contributed by atoms with Crippen LogP contribution in [-0.4, -0.2) is 13.5 Å². The molecule has 6 heteroatoms. The molecule has 5 aromatic carbocycles. The van der Waals surface area contributed by atoms with Crippen molar-refractivity contribution in [3.8, 4) is 11.5 Å². The number of anilines is 6. The summed E-state index contributed by atoms with van der Waals surface area (Å²) >= 11 is 0. The molecule has 0 atom stereocenters. The van der Waals surface area contributed by atoms with Gasteiger partial charge in [-0.2, -0.15) is 0 Å². The van der Waals surface area contributed by atoms with Crippen LogP contribution in [0.15, 0.2) is 77.2 Å². The van der Waals surface area contributed by atoms with Crippen molar-refractivity contribution in [1.29, 1.82) is 0 Å². The zero-order valence-electron chi connectivity index (χ0n) is 32.3. The molecular formula is C46H47BN2O3. The van der Waals surface area contributed by atoms with E-state index in [0.717, 1.165) is 45.0 Å². The fourth-order valence-corrected chi connectivity index (χ4v) is 8.91. The highest BCUT2D eigenvalue weighted by atomic mass is 16.7. The Kier molecular flexibility index (Phi) is 6.91. The number of rotatable bonds is 2. The first-order chi connectivity index (χ1) is 24.6. The Morgan fingerprint density at radius 2 is 1.10 bits per heavy atom. The van der Waals surface area contributed by atoms with Gasteiger partial charge in [0.15, 0.2) is 11.5 Å². The number of aryl methyl sites for hydroxylation is 5. The lowest BCUT2D eigenvalue weighted by Gasteiger charge is -2.44. The number of nitrogens with zero attached hydrogens (tertiary/aromatic N) is 2. The number of furan rings is 1. The van der Waals surface area contributed by atoms with Crippen molar-refractivity contribution in [1.82, 2.24) is 0 Å². The molecule has 52 heavy (non-hydrogen) atoms. The summed E-state index contributed by atoms with van der Waals surface area (Å²) in [6.07, 6.45) is 0. The van der Waals surface area contributed by atoms with Gasteiger partial charge < -0.3 is 23.7 Å². The van der Waals surface area contributed by atoms with Crippen LogP contribution < -0.4 is 35.9 Å². The topological polar surface area (TPSA) is 38.1 Å². The van der Waals surface area contributed by atoms with Crippen LogP contribution in [0.5, 0.6) is 11.5 Å². The summed E-state index contributed by atoms with van der Waals surface area (Å²) in [7, 11) is 0. The van der Waals surface area contributed by atoms with Gasteiger partial charge in [0.2, 0.25) is 6.79 Å². The lowest BCUT2D eigenvalue weighted by molar-refractivity contribution is 0.174. The molecule has 0 bridgehead atoms. The van der Waals surface area contributed by atoms with Gasteiger partial charge in [-0.1, -0.05) is 77.9 Å². The van der Waals surface area contributed by atoms with E-state index < -0.39 is 0 Å². The minimum atomic E-state index is -0.158. The first kappa shape index (κ1) is 32.8. The Hall–Kier alpha value is -5.10. The fraction of sp³-hybridized carbons (Fsp3) is 0.304. The fourth-order valence-electron chi connectivity index (χ4n) is 8.91. The third-order valence-electron chi connectivity index (χ3n) is 11.4. The van der Waals surface area contributed by atoms with E-state index in [1.165, 1.54) is 67.2 Å². The minimum Gasteiger partial charge on any atom is -0.468 e. The zero-order chi connectivity index (χ0) is 36.6. The van der Waals surface area contributed by atoms with Gasteiger partial charge in [-0.25, -0.2) is 0 Å². The third-order valence-corrected chi connectivity index (χ3v) is 11.4. The highest BCUT2D eigenvalue weighted by Gasteiger charge is 2.48. The molecule has 9 rings (SSSR count). The molecule has 0 spiro atoms. The van der Waals surface area contributed by atoms with E-state index in [2.05, 4.69) is 159 Å². The van der Waals surface area contributed by atoms with E-state index in [-0.39, 0.29) is 24.3 Å². The number of benzene rings is 5. The van der Waals surface area contributed by atoms with Crippen molar-refractivity contribution in [2.75, 3.05) is 16.6 Å². The predicted molar refractivity (Wildman–Crippen MR) is 217 cm³/mol. The van der Waals surface area contributed by atoms with Crippen LogP contribution in [-0.2, 0) is 10.8 Å². The largest absolute Gasteiger partial charge is 0.468 e. The van der Waals surface area contributed by atoms with Gasteiger partial charge in [-0.3, -0.25) is 0 Å². The van der Waals surface area contributed by atoms with E-state index in [1.54, 1.807) is 0 Å². The molecule has 6 aromatic rings. The summed E-state index contributed by atoms with van der Waals surface area (Å²) in [6, 6.07) is 27.1. The average Bonchev–Trinajstić information content (AvgIpc) is 3.68. The summed E-state index contributed by atoms with van der Waals surface area (Å²) in [6.45, 7) is 25.1. The highest BCUT2D eigenvalue weighted by molar-refractivity contribution is 7.00. The van der Waals surface area contributed by atoms with E-state index in [4.69, 9.17) is 13.9 Å². The molecule has 0 radical (unpaired) electrons. The smallest absolute Gasteiger partial charge is 0.297 e. The summed E-state index contributed by atoms with van der Waals surface area (Å²) < 4.78 is 19.2. The minimum absolute atomic E-state index is 0.0317. The Balaban J connectivity index is 1.41. The van der Waals surface area contributed by atoms with Crippen LogP contribution in [0.3, 0.4) is 0 Å². The van der Waals surface area contributed by atoms with Crippen molar-refractivity contribution in [2.24, 2.45) is 0 Å². The molecule has 0 amide bonds. The van der Waals surface area contributed by atoms with Gasteiger partial charge in [0.25, 0.3) is 6.71 Å². The Morgan fingerprint density at radius 1 is 0.577 bits per heavy atom. The molecule has 3 aliphatic heterocycles. The van der Waals surface area contributed by atoms with Crippen molar-refractivity contribution < 1.29 is 13.9 Å². The van der Waals surface area contributed by atoms with Crippen LogP contribution >= 0.6 is 0 Å². The maximum atomic E-state index is 7.07. The lowest BCUT2D eigenvalue weighted by Crippen LogP contribution is -2.61. The van der Waals surface area contributed by atoms with Crippen LogP contribution in [0.1, 0.15) is 80.5 Å². The predicted octanol–water partition coefficient (Wildman–Crippen LogP) is 10.4. The van der Waals surface area contributed by atoms with Crippen molar-refractivity contribution in [2.45, 2.75) is 87.0 Å². The molecule has 0 unspecified atom stereocenters. The molecule has 4 heterocycles. The molecule has 5 nitrogen and oxygen atoms in total. The summed E-state index contributed by atoms with van der Waals surface area (Å²) in [5.41, 5.74) is 20.1. The maximum absolute atomic E-state index is 7.07. The zero-order valence-corrected chi connectivity index (χ0v) is 32.3. The van der Waals surface area contributed by atoms with Crippen molar-refractivity contribution in [3.05, 3.63) is 112 Å². The monoisotopic (exact) mass is 686 g/mol. The summed E-state index contributed by atoms with van der Waals surface area (Å²) in [5.74, 6) is 1.55. The SMILES string of the molecule is Cc1cc2c3c(c1)N(c1c(C)cc(C(C)(C)C)cc1C)c1c(oc4ccccc14)B3c1cc3c(cc1N2c1c(C)cc(C(C)(C)C)cc1C)OCO3. The van der Waals surface area contributed by atoms with Gasteiger partial charge in [-0.15, -0.1) is 0 Å². The second-order valence-corrected chi connectivity index (χ2v) is 17.3. The number of fused-ring (bicyclic) bond motifs is 7. The molecular weight excluding hydrogens is 639 g/mol. The molecule has 1 aromatic heterocycles. The molecule has 0 saturated heterocycles. The quantitative estimate of drug-likeness (QED) is 0.169. The molecule has 3 aliphatic rings. The first-order valence-electron chi connectivity index (χ1n) is 18.5. The maximum Gasteiger partial charge on any atom is 0.297 e. The summed E-state index contributed by atoms with van der Waals surface area (Å²) in [5, 5.41) is 1.11. The van der Waals surface area contributed by atoms with Gasteiger partial charge in [-0.05, 0) is 126 Å². The Labute approximate surface area is 308 Å². The standard InChI is InChI=1S/C46H47BN2O3/c1-25-16-35-40-36(17-25)49(42-28(4)20-31(21-29(42)5)46(9,10)11)43-32-14-12-13-15-37(32)52-44(43)47(40)33-22-38-39(51-24-50-38)23-34(33)48(35)41-26(2)18-30(19-27(41)3)45(6,7)8/h12-23H,24H2,1-11H3. The Morgan fingerprint density at radius 3 is 1.67 bits per heavy atom. The number of ether oxygens (including phenoxy) is 2. The number of para-hydroxylation sites is 1. The van der Waals surface area contributed by atoms with Crippen LogP contribution in [0, 0.1) is 34.6 Å². The molecule has 0 N–H and O–H groups in total. The van der Waals surface area contributed by atoms with E-state index in [0.29, 0.717) is 0 Å².